The number of amides is 2. The first kappa shape index (κ1) is 18.0. The van der Waals surface area contributed by atoms with Crippen LogP contribution in [0, 0.1) is 12.8 Å². The summed E-state index contributed by atoms with van der Waals surface area (Å²) in [5.41, 5.74) is 3.71. The highest BCUT2D eigenvalue weighted by atomic mass is 16.2. The number of nitrogens with zero attached hydrogens (tertiary/aromatic N) is 2. The van der Waals surface area contributed by atoms with Gasteiger partial charge in [-0.25, -0.2) is 0 Å². The van der Waals surface area contributed by atoms with Gasteiger partial charge in [-0.15, -0.1) is 0 Å². The Bertz CT molecular complexity index is 663. The van der Waals surface area contributed by atoms with E-state index in [1.807, 2.05) is 9.80 Å². The molecule has 0 unspecified atom stereocenters. The van der Waals surface area contributed by atoms with Crippen LogP contribution in [0.3, 0.4) is 0 Å². The maximum Gasteiger partial charge on any atom is 0.227 e. The molecule has 2 aliphatic rings. The lowest BCUT2D eigenvalue weighted by molar-refractivity contribution is -0.140. The molecule has 1 aliphatic carbocycles. The molecule has 4 heteroatoms. The molecule has 1 saturated heterocycles. The molecule has 0 spiro atoms. The number of carbonyl (C=O) groups is 2. The van der Waals surface area contributed by atoms with E-state index in [1.54, 1.807) is 0 Å². The number of benzene rings is 1. The lowest BCUT2D eigenvalue weighted by atomic mass is 9.85. The SMILES string of the molecule is Cc1cc(C(C)(C)C)ccc1CC(=O)N1CCN(C(=O)C2CC2)CC1. The Morgan fingerprint density at radius 3 is 2.16 bits per heavy atom. The van der Waals surface area contributed by atoms with Crippen LogP contribution in [0.2, 0.25) is 0 Å². The van der Waals surface area contributed by atoms with Crippen molar-refractivity contribution in [3.05, 3.63) is 34.9 Å². The van der Waals surface area contributed by atoms with Crippen molar-refractivity contribution in [3.63, 3.8) is 0 Å². The summed E-state index contributed by atoms with van der Waals surface area (Å²) in [5, 5.41) is 0. The topological polar surface area (TPSA) is 40.6 Å². The normalized spacial score (nSPS) is 18.4. The number of aryl methyl sites for hydroxylation is 1. The van der Waals surface area contributed by atoms with Crippen LogP contribution in [-0.2, 0) is 21.4 Å². The van der Waals surface area contributed by atoms with Crippen molar-refractivity contribution >= 4 is 11.8 Å². The number of piperazine rings is 1. The van der Waals surface area contributed by atoms with E-state index >= 15 is 0 Å². The van der Waals surface area contributed by atoms with Crippen molar-refractivity contribution in [2.75, 3.05) is 26.2 Å². The zero-order valence-corrected chi connectivity index (χ0v) is 16.0. The largest absolute Gasteiger partial charge is 0.339 e. The first-order valence-corrected chi connectivity index (χ1v) is 9.42. The van der Waals surface area contributed by atoms with Gasteiger partial charge in [-0.2, -0.15) is 0 Å². The molecule has 3 rings (SSSR count). The highest BCUT2D eigenvalue weighted by Gasteiger charge is 2.35. The summed E-state index contributed by atoms with van der Waals surface area (Å²) >= 11 is 0. The van der Waals surface area contributed by atoms with Gasteiger partial charge in [-0.1, -0.05) is 39.0 Å². The summed E-state index contributed by atoms with van der Waals surface area (Å²) in [6.07, 6.45) is 2.54. The minimum atomic E-state index is 0.123. The minimum Gasteiger partial charge on any atom is -0.339 e. The lowest BCUT2D eigenvalue weighted by Crippen LogP contribution is -2.51. The van der Waals surface area contributed by atoms with Gasteiger partial charge in [0.2, 0.25) is 11.8 Å². The summed E-state index contributed by atoms with van der Waals surface area (Å²) in [6, 6.07) is 6.44. The molecule has 1 aliphatic heterocycles. The second kappa shape index (κ2) is 6.81. The van der Waals surface area contributed by atoms with Gasteiger partial charge in [-0.3, -0.25) is 9.59 Å². The molecule has 2 fully saturated rings. The Morgan fingerprint density at radius 2 is 1.64 bits per heavy atom. The van der Waals surface area contributed by atoms with E-state index in [1.165, 1.54) is 11.1 Å². The van der Waals surface area contributed by atoms with Crippen molar-refractivity contribution in [1.82, 2.24) is 9.80 Å². The Balaban J connectivity index is 1.57. The van der Waals surface area contributed by atoms with Crippen LogP contribution in [-0.4, -0.2) is 47.8 Å². The summed E-state index contributed by atoms with van der Waals surface area (Å²) in [7, 11) is 0. The van der Waals surface area contributed by atoms with Gasteiger partial charge in [0.05, 0.1) is 6.42 Å². The predicted octanol–water partition coefficient (Wildman–Crippen LogP) is 2.92. The molecule has 0 atom stereocenters. The third-order valence-electron chi connectivity index (χ3n) is 5.42. The van der Waals surface area contributed by atoms with Crippen LogP contribution in [0.25, 0.3) is 0 Å². The van der Waals surface area contributed by atoms with Gasteiger partial charge in [0.1, 0.15) is 0 Å². The molecule has 1 heterocycles. The van der Waals surface area contributed by atoms with Crippen LogP contribution >= 0.6 is 0 Å². The number of carbonyl (C=O) groups excluding carboxylic acids is 2. The zero-order chi connectivity index (χ0) is 18.2. The van der Waals surface area contributed by atoms with E-state index in [0.29, 0.717) is 38.5 Å². The van der Waals surface area contributed by atoms with E-state index in [0.717, 1.165) is 18.4 Å². The maximum absolute atomic E-state index is 12.6. The zero-order valence-electron chi connectivity index (χ0n) is 16.0. The Labute approximate surface area is 151 Å². The van der Waals surface area contributed by atoms with Crippen LogP contribution in [0.4, 0.5) is 0 Å². The van der Waals surface area contributed by atoms with E-state index in [9.17, 15) is 9.59 Å². The highest BCUT2D eigenvalue weighted by molar-refractivity contribution is 5.82. The second-order valence-corrected chi connectivity index (χ2v) is 8.55. The molecule has 25 heavy (non-hydrogen) atoms. The third-order valence-corrected chi connectivity index (χ3v) is 5.42. The predicted molar refractivity (Wildman–Crippen MR) is 99.5 cm³/mol. The number of hydrogen-bond donors (Lipinski definition) is 0. The van der Waals surface area contributed by atoms with Crippen molar-refractivity contribution in [2.45, 2.75) is 52.4 Å². The molecule has 0 N–H and O–H groups in total. The van der Waals surface area contributed by atoms with Gasteiger partial charge >= 0.3 is 0 Å². The fourth-order valence-electron chi connectivity index (χ4n) is 3.40. The second-order valence-electron chi connectivity index (χ2n) is 8.55. The third kappa shape index (κ3) is 4.23. The van der Waals surface area contributed by atoms with Gasteiger partial charge < -0.3 is 9.80 Å². The molecular formula is C21H30N2O2. The molecule has 136 valence electrons. The molecule has 1 saturated carbocycles. The Kier molecular flexibility index (Phi) is 4.90. The van der Waals surface area contributed by atoms with Crippen LogP contribution in [0.5, 0.6) is 0 Å². The Morgan fingerprint density at radius 1 is 1.04 bits per heavy atom. The molecule has 0 radical (unpaired) electrons. The summed E-state index contributed by atoms with van der Waals surface area (Å²) in [4.78, 5) is 28.6. The van der Waals surface area contributed by atoms with Gasteiger partial charge in [-0.05, 0) is 41.9 Å². The molecule has 0 aromatic heterocycles. The van der Waals surface area contributed by atoms with Gasteiger partial charge in [0.15, 0.2) is 0 Å². The fraction of sp³-hybridized carbons (Fsp3) is 0.619. The monoisotopic (exact) mass is 342 g/mol. The average Bonchev–Trinajstić information content (AvgIpc) is 3.40. The first-order chi connectivity index (χ1) is 11.8. The molecule has 2 amide bonds. The molecule has 0 bridgehead atoms. The average molecular weight is 342 g/mol. The van der Waals surface area contributed by atoms with Crippen molar-refractivity contribution in [2.24, 2.45) is 5.92 Å². The molecule has 1 aromatic rings. The highest BCUT2D eigenvalue weighted by Crippen LogP contribution is 2.31. The first-order valence-electron chi connectivity index (χ1n) is 9.42. The van der Waals surface area contributed by atoms with E-state index in [-0.39, 0.29) is 17.2 Å². The smallest absolute Gasteiger partial charge is 0.227 e. The number of hydrogen-bond acceptors (Lipinski definition) is 2. The summed E-state index contributed by atoms with van der Waals surface area (Å²) < 4.78 is 0. The maximum atomic E-state index is 12.6. The standard InChI is InChI=1S/C21H30N2O2/c1-15-13-18(21(2,3)4)8-7-17(15)14-19(24)22-9-11-23(12-10-22)20(25)16-5-6-16/h7-8,13,16H,5-6,9-12,14H2,1-4H3. The van der Waals surface area contributed by atoms with Crippen molar-refractivity contribution in [3.8, 4) is 0 Å². The molecule has 4 nitrogen and oxygen atoms in total. The van der Waals surface area contributed by atoms with Crippen molar-refractivity contribution < 1.29 is 9.59 Å². The van der Waals surface area contributed by atoms with Gasteiger partial charge in [0.25, 0.3) is 0 Å². The van der Waals surface area contributed by atoms with E-state index in [4.69, 9.17) is 0 Å². The summed E-state index contributed by atoms with van der Waals surface area (Å²) in [6.45, 7) is 11.4. The Hall–Kier alpha value is -1.84. The van der Waals surface area contributed by atoms with Crippen LogP contribution in [0.1, 0.15) is 50.3 Å². The van der Waals surface area contributed by atoms with E-state index < -0.39 is 0 Å². The van der Waals surface area contributed by atoms with Gasteiger partial charge in [0, 0.05) is 32.1 Å². The van der Waals surface area contributed by atoms with E-state index in [2.05, 4.69) is 45.9 Å². The van der Waals surface area contributed by atoms with Crippen LogP contribution in [0.15, 0.2) is 18.2 Å². The van der Waals surface area contributed by atoms with Crippen LogP contribution < -0.4 is 0 Å². The summed E-state index contributed by atoms with van der Waals surface area (Å²) in [5.74, 6) is 0.733. The quantitative estimate of drug-likeness (QED) is 0.847. The number of rotatable bonds is 3. The fourth-order valence-corrected chi connectivity index (χ4v) is 3.40. The molecule has 1 aromatic carbocycles. The molecular weight excluding hydrogens is 312 g/mol. The minimum absolute atomic E-state index is 0.123. The lowest BCUT2D eigenvalue weighted by Gasteiger charge is -2.35. The van der Waals surface area contributed by atoms with Crippen molar-refractivity contribution in [1.29, 1.82) is 0 Å².